The highest BCUT2D eigenvalue weighted by atomic mass is 31.2. The topological polar surface area (TPSA) is 111 Å². The number of hydrogen-bond acceptors (Lipinski definition) is 6. The van der Waals surface area contributed by atoms with Gasteiger partial charge in [-0.25, -0.2) is 4.57 Å². The van der Waals surface area contributed by atoms with Crippen molar-refractivity contribution in [3.63, 3.8) is 0 Å². The van der Waals surface area contributed by atoms with Crippen LogP contribution in [0.1, 0.15) is 271 Å². The van der Waals surface area contributed by atoms with Gasteiger partial charge in [-0.05, 0) is 96.0 Å². The van der Waals surface area contributed by atoms with E-state index in [4.69, 9.17) is 13.8 Å². The van der Waals surface area contributed by atoms with Crippen molar-refractivity contribution in [2.75, 3.05) is 40.9 Å². The van der Waals surface area contributed by atoms with Crippen molar-refractivity contribution in [3.05, 3.63) is 72.9 Å². The molecule has 74 heavy (non-hydrogen) atoms. The van der Waals surface area contributed by atoms with E-state index in [2.05, 4.69) is 86.8 Å². The fourth-order valence-corrected chi connectivity index (χ4v) is 9.29. The molecule has 3 atom stereocenters. The number of phosphoric acid groups is 1. The quantitative estimate of drug-likeness (QED) is 0.0205. The first-order chi connectivity index (χ1) is 35.9. The summed E-state index contributed by atoms with van der Waals surface area (Å²) in [4.78, 5) is 37.6. The van der Waals surface area contributed by atoms with E-state index < -0.39 is 20.0 Å². The van der Waals surface area contributed by atoms with Gasteiger partial charge in [-0.1, -0.05) is 235 Å². The van der Waals surface area contributed by atoms with Crippen molar-refractivity contribution in [1.29, 1.82) is 0 Å². The molecule has 0 rings (SSSR count). The Hall–Kier alpha value is -2.55. The lowest BCUT2D eigenvalue weighted by Gasteiger charge is -2.27. The zero-order chi connectivity index (χ0) is 54.3. The molecule has 0 fully saturated rings. The van der Waals surface area contributed by atoms with Crippen molar-refractivity contribution in [1.82, 2.24) is 5.32 Å². The van der Waals surface area contributed by atoms with Crippen LogP contribution in [0.15, 0.2) is 72.9 Å². The number of esters is 1. The maximum atomic E-state index is 13.5. The van der Waals surface area contributed by atoms with Gasteiger partial charge in [-0.2, -0.15) is 0 Å². The maximum Gasteiger partial charge on any atom is 0.472 e. The second-order valence-electron chi connectivity index (χ2n) is 21.9. The number of likely N-dealkylation sites (N-methyl/N-ethyl adjacent to an activating group) is 1. The van der Waals surface area contributed by atoms with E-state index in [-0.39, 0.29) is 31.5 Å². The van der Waals surface area contributed by atoms with Crippen molar-refractivity contribution < 1.29 is 37.3 Å². The monoisotopic (exact) mass is 1060 g/mol. The number of ether oxygens (including phenoxy) is 1. The number of carbonyl (C=O) groups excluding carboxylic acids is 2. The average molecular weight is 1060 g/mol. The summed E-state index contributed by atoms with van der Waals surface area (Å²) in [5, 5.41) is 3.05. The van der Waals surface area contributed by atoms with Crippen LogP contribution in [0.5, 0.6) is 0 Å². The predicted molar refractivity (Wildman–Crippen MR) is 318 cm³/mol. The summed E-state index contributed by atoms with van der Waals surface area (Å²) < 4.78 is 30.6. The van der Waals surface area contributed by atoms with Crippen LogP contribution in [0.3, 0.4) is 0 Å². The lowest BCUT2D eigenvalue weighted by Crippen LogP contribution is -2.47. The van der Waals surface area contributed by atoms with Gasteiger partial charge in [0, 0.05) is 12.8 Å². The van der Waals surface area contributed by atoms with E-state index in [0.29, 0.717) is 17.4 Å². The van der Waals surface area contributed by atoms with Crippen LogP contribution in [-0.4, -0.2) is 74.3 Å². The van der Waals surface area contributed by atoms with Crippen LogP contribution in [0.25, 0.3) is 0 Å². The molecule has 10 heteroatoms. The van der Waals surface area contributed by atoms with Gasteiger partial charge in [-0.3, -0.25) is 18.6 Å². The lowest BCUT2D eigenvalue weighted by molar-refractivity contribution is -0.870. The number of phosphoric ester groups is 1. The molecule has 1 amide bonds. The Morgan fingerprint density at radius 2 is 0.838 bits per heavy atom. The van der Waals surface area contributed by atoms with E-state index >= 15 is 0 Å². The molecule has 0 aromatic rings. The molecule has 2 N–H and O–H groups in total. The number of allylic oxidation sites excluding steroid dienone is 11. The smallest absolute Gasteiger partial charge is 0.456 e. The van der Waals surface area contributed by atoms with Crippen LogP contribution in [0.4, 0.5) is 0 Å². The van der Waals surface area contributed by atoms with Gasteiger partial charge >= 0.3 is 13.8 Å². The molecule has 0 heterocycles. The summed E-state index contributed by atoms with van der Waals surface area (Å²) in [6.07, 6.45) is 69.0. The molecule has 3 unspecified atom stereocenters. The van der Waals surface area contributed by atoms with Crippen molar-refractivity contribution in [3.8, 4) is 0 Å². The second kappa shape index (κ2) is 53.8. The number of carbonyl (C=O) groups is 2. The van der Waals surface area contributed by atoms with Gasteiger partial charge in [0.05, 0.1) is 33.8 Å². The third-order valence-corrected chi connectivity index (χ3v) is 14.4. The SMILES string of the molecule is CCCC/C=C\CCCCCCCC(=O)OC(/C=C\CCCCCCCCCCCC)C(COP(=O)(O)OCC[N+](C)(C)C)NC(=O)CCCCCCCCCCC/C=C\C/C=C\C/C=C\C/C=C\CCCCC. The third-order valence-electron chi connectivity index (χ3n) is 13.4. The molecule has 0 aromatic heterocycles. The highest BCUT2D eigenvalue weighted by Gasteiger charge is 2.30. The van der Waals surface area contributed by atoms with Gasteiger partial charge in [0.2, 0.25) is 5.91 Å². The number of amides is 1. The van der Waals surface area contributed by atoms with E-state index in [1.54, 1.807) is 0 Å². The Balaban J connectivity index is 5.13. The Bertz CT molecular complexity index is 1500. The average Bonchev–Trinajstić information content (AvgIpc) is 3.36. The Morgan fingerprint density at radius 3 is 1.31 bits per heavy atom. The first kappa shape index (κ1) is 71.5. The van der Waals surface area contributed by atoms with Gasteiger partial charge in [0.1, 0.15) is 19.3 Å². The minimum atomic E-state index is -4.45. The van der Waals surface area contributed by atoms with Crippen LogP contribution in [0.2, 0.25) is 0 Å². The molecule has 9 nitrogen and oxygen atoms in total. The fraction of sp³-hybridized carbons (Fsp3) is 0.781. The normalized spacial score (nSPS) is 14.2. The lowest BCUT2D eigenvalue weighted by atomic mass is 10.0. The van der Waals surface area contributed by atoms with E-state index in [9.17, 15) is 19.0 Å². The Labute approximate surface area is 457 Å². The van der Waals surface area contributed by atoms with E-state index in [0.717, 1.165) is 116 Å². The van der Waals surface area contributed by atoms with Crippen LogP contribution < -0.4 is 5.32 Å². The number of rotatable bonds is 55. The van der Waals surface area contributed by atoms with E-state index in [1.165, 1.54) is 122 Å². The molecule has 430 valence electrons. The number of hydrogen-bond donors (Lipinski definition) is 2. The molecule has 0 saturated heterocycles. The molecule has 0 radical (unpaired) electrons. The van der Waals surface area contributed by atoms with Gasteiger partial charge in [0.15, 0.2) is 0 Å². The first-order valence-corrected chi connectivity index (χ1v) is 32.3. The van der Waals surface area contributed by atoms with Gasteiger partial charge < -0.3 is 19.4 Å². The molecule has 0 aromatic carbocycles. The molecule has 0 saturated carbocycles. The maximum absolute atomic E-state index is 13.5. The summed E-state index contributed by atoms with van der Waals surface area (Å²) in [5.74, 6) is -0.523. The minimum absolute atomic E-state index is 0.0356. The Morgan fingerprint density at radius 1 is 0.473 bits per heavy atom. The number of quaternary nitrogens is 1. The third kappa shape index (κ3) is 54.2. The number of nitrogens with one attached hydrogen (secondary N) is 1. The standard InChI is InChI=1S/C64H117N2O7P/c1-7-10-13-16-19-22-25-27-28-29-30-31-32-33-34-35-36-37-38-39-42-44-47-50-53-56-63(67)65-61(60-72-74(69,70)71-59-58-66(4,5)6)62(55-52-49-46-43-41-26-23-20-17-14-11-8-2)73-64(68)57-54-51-48-45-40-24-21-18-15-12-9-3/h18-19,21-22,27-28,30-31,33-34,52,55,61-62H,7-17,20,23-26,29,32,35-51,53-54,56-60H2,1-6H3,(H-,65,67,69,70)/p+1/b21-18-,22-19-,28-27-,31-30-,34-33-,55-52-. The predicted octanol–water partition coefficient (Wildman–Crippen LogP) is 18.8. The molecule has 0 aliphatic rings. The van der Waals surface area contributed by atoms with Crippen molar-refractivity contribution in [2.24, 2.45) is 0 Å². The molecular weight excluding hydrogens is 940 g/mol. The Kier molecular flexibility index (Phi) is 52.0. The van der Waals surface area contributed by atoms with Crippen LogP contribution in [0, 0.1) is 0 Å². The van der Waals surface area contributed by atoms with Crippen molar-refractivity contribution in [2.45, 2.75) is 283 Å². The van der Waals surface area contributed by atoms with E-state index in [1.807, 2.05) is 33.3 Å². The highest BCUT2D eigenvalue weighted by Crippen LogP contribution is 2.43. The highest BCUT2D eigenvalue weighted by molar-refractivity contribution is 7.47. The second-order valence-corrected chi connectivity index (χ2v) is 23.3. The zero-order valence-electron chi connectivity index (χ0n) is 49.1. The molecular formula is C64H118N2O7P+. The van der Waals surface area contributed by atoms with Gasteiger partial charge in [0.25, 0.3) is 0 Å². The van der Waals surface area contributed by atoms with Crippen molar-refractivity contribution >= 4 is 19.7 Å². The molecule has 0 spiro atoms. The van der Waals surface area contributed by atoms with Crippen LogP contribution in [-0.2, 0) is 27.9 Å². The molecule has 0 aliphatic heterocycles. The first-order valence-electron chi connectivity index (χ1n) is 30.8. The fourth-order valence-electron chi connectivity index (χ4n) is 8.55. The number of nitrogens with zero attached hydrogens (tertiary/aromatic N) is 1. The molecule has 0 aliphatic carbocycles. The summed E-state index contributed by atoms with van der Waals surface area (Å²) in [5.41, 5.74) is 0. The summed E-state index contributed by atoms with van der Waals surface area (Å²) in [6.45, 7) is 6.93. The minimum Gasteiger partial charge on any atom is -0.456 e. The number of unbranched alkanes of at least 4 members (excludes halogenated alkanes) is 29. The largest absolute Gasteiger partial charge is 0.472 e. The van der Waals surface area contributed by atoms with Gasteiger partial charge in [-0.15, -0.1) is 0 Å². The molecule has 0 bridgehead atoms. The summed E-state index contributed by atoms with van der Waals surface area (Å²) in [7, 11) is 1.48. The zero-order valence-corrected chi connectivity index (χ0v) is 50.0. The summed E-state index contributed by atoms with van der Waals surface area (Å²) >= 11 is 0. The van der Waals surface area contributed by atoms with Crippen LogP contribution >= 0.6 is 7.82 Å². The summed E-state index contributed by atoms with van der Waals surface area (Å²) in [6, 6.07) is -0.856.